The maximum Gasteiger partial charge on any atom is 0.416 e. The van der Waals surface area contributed by atoms with E-state index in [0.29, 0.717) is 19.0 Å². The van der Waals surface area contributed by atoms with E-state index in [0.717, 1.165) is 6.07 Å². The fourth-order valence-corrected chi connectivity index (χ4v) is 2.93. The van der Waals surface area contributed by atoms with E-state index in [1.807, 2.05) is 4.57 Å². The lowest BCUT2D eigenvalue weighted by molar-refractivity contribution is -0.138. The number of carbonyl (C=O) groups is 1. The Balaban J connectivity index is 1.78. The van der Waals surface area contributed by atoms with E-state index >= 15 is 0 Å². The molecule has 1 atom stereocenters. The summed E-state index contributed by atoms with van der Waals surface area (Å²) in [6.07, 6.45) is -1.01. The number of amides is 1. The van der Waals surface area contributed by atoms with Crippen molar-refractivity contribution in [3.63, 3.8) is 0 Å². The number of alkyl halides is 3. The SMILES string of the molecule is CC(CC(=O)N1CCn2ccnc21)c1ccccc1C(F)(F)F. The van der Waals surface area contributed by atoms with Crippen LogP contribution in [0.4, 0.5) is 19.1 Å². The van der Waals surface area contributed by atoms with Crippen LogP contribution in [0.5, 0.6) is 0 Å². The second-order valence-corrected chi connectivity index (χ2v) is 5.66. The summed E-state index contributed by atoms with van der Waals surface area (Å²) in [5, 5.41) is 0. The van der Waals surface area contributed by atoms with Gasteiger partial charge in [0.15, 0.2) is 0 Å². The molecule has 1 aromatic carbocycles. The number of benzene rings is 1. The molecule has 0 N–H and O–H groups in total. The molecular formula is C16H16F3N3O. The molecular weight excluding hydrogens is 307 g/mol. The summed E-state index contributed by atoms with van der Waals surface area (Å²) in [6.45, 7) is 2.81. The van der Waals surface area contributed by atoms with Gasteiger partial charge in [-0.1, -0.05) is 25.1 Å². The van der Waals surface area contributed by atoms with Gasteiger partial charge < -0.3 is 4.57 Å². The Morgan fingerprint density at radius 2 is 2.04 bits per heavy atom. The van der Waals surface area contributed by atoms with Crippen LogP contribution < -0.4 is 4.90 Å². The van der Waals surface area contributed by atoms with Crippen LogP contribution in [0.15, 0.2) is 36.7 Å². The quantitative estimate of drug-likeness (QED) is 0.868. The van der Waals surface area contributed by atoms with Gasteiger partial charge in [-0.15, -0.1) is 0 Å². The average molecular weight is 323 g/mol. The first kappa shape index (κ1) is 15.6. The largest absolute Gasteiger partial charge is 0.416 e. The summed E-state index contributed by atoms with van der Waals surface area (Å²) in [4.78, 5) is 18.1. The van der Waals surface area contributed by atoms with Gasteiger partial charge in [0.05, 0.1) is 5.56 Å². The molecule has 122 valence electrons. The maximum absolute atomic E-state index is 13.1. The van der Waals surface area contributed by atoms with E-state index in [2.05, 4.69) is 4.98 Å². The Hall–Kier alpha value is -2.31. The molecule has 0 saturated heterocycles. The first-order valence-electron chi connectivity index (χ1n) is 7.35. The topological polar surface area (TPSA) is 38.1 Å². The van der Waals surface area contributed by atoms with Crippen LogP contribution in [0.2, 0.25) is 0 Å². The van der Waals surface area contributed by atoms with Crippen LogP contribution in [0, 0.1) is 0 Å². The molecule has 4 nitrogen and oxygen atoms in total. The van der Waals surface area contributed by atoms with Crippen LogP contribution >= 0.6 is 0 Å². The Labute approximate surface area is 131 Å². The third kappa shape index (κ3) is 2.95. The summed E-state index contributed by atoms with van der Waals surface area (Å²) >= 11 is 0. The first-order valence-corrected chi connectivity index (χ1v) is 7.35. The van der Waals surface area contributed by atoms with Crippen molar-refractivity contribution in [3.8, 4) is 0 Å². The van der Waals surface area contributed by atoms with Crippen molar-refractivity contribution in [3.05, 3.63) is 47.8 Å². The second-order valence-electron chi connectivity index (χ2n) is 5.66. The van der Waals surface area contributed by atoms with Crippen molar-refractivity contribution in [1.82, 2.24) is 9.55 Å². The molecule has 0 saturated carbocycles. The summed E-state index contributed by atoms with van der Waals surface area (Å²) in [7, 11) is 0. The molecule has 2 heterocycles. The highest BCUT2D eigenvalue weighted by molar-refractivity contribution is 5.92. The molecule has 23 heavy (non-hydrogen) atoms. The van der Waals surface area contributed by atoms with Crippen LogP contribution in [-0.4, -0.2) is 22.0 Å². The lowest BCUT2D eigenvalue weighted by atomic mass is 9.92. The normalized spacial score (nSPS) is 15.6. The van der Waals surface area contributed by atoms with E-state index < -0.39 is 17.7 Å². The van der Waals surface area contributed by atoms with Crippen molar-refractivity contribution in [1.29, 1.82) is 0 Å². The van der Waals surface area contributed by atoms with E-state index in [-0.39, 0.29) is 17.9 Å². The minimum absolute atomic E-state index is 0.0138. The number of nitrogens with zero attached hydrogens (tertiary/aromatic N) is 3. The summed E-state index contributed by atoms with van der Waals surface area (Å²) in [5.74, 6) is -0.171. The van der Waals surface area contributed by atoms with Crippen molar-refractivity contribution in [2.75, 3.05) is 11.4 Å². The summed E-state index contributed by atoms with van der Waals surface area (Å²) in [6, 6.07) is 5.41. The molecule has 0 spiro atoms. The van der Waals surface area contributed by atoms with Gasteiger partial charge in [-0.05, 0) is 17.5 Å². The summed E-state index contributed by atoms with van der Waals surface area (Å²) < 4.78 is 41.1. The third-order valence-electron chi connectivity index (χ3n) is 4.08. The Bertz CT molecular complexity index is 723. The Morgan fingerprint density at radius 3 is 2.78 bits per heavy atom. The van der Waals surface area contributed by atoms with Crippen LogP contribution in [0.1, 0.15) is 30.4 Å². The molecule has 1 aliphatic rings. The molecule has 1 amide bonds. The number of fused-ring (bicyclic) bond motifs is 1. The Kier molecular flexibility index (Phi) is 3.87. The molecule has 1 unspecified atom stereocenters. The van der Waals surface area contributed by atoms with Crippen molar-refractivity contribution in [2.24, 2.45) is 0 Å². The van der Waals surface area contributed by atoms with Crippen LogP contribution in [0.25, 0.3) is 0 Å². The second kappa shape index (κ2) is 5.72. The molecule has 0 bridgehead atoms. The highest BCUT2D eigenvalue weighted by Gasteiger charge is 2.35. The van der Waals surface area contributed by atoms with Gasteiger partial charge in [0, 0.05) is 31.9 Å². The minimum atomic E-state index is -4.42. The predicted octanol–water partition coefficient (Wildman–Crippen LogP) is 3.44. The van der Waals surface area contributed by atoms with E-state index in [1.54, 1.807) is 25.4 Å². The van der Waals surface area contributed by atoms with Gasteiger partial charge in [-0.3, -0.25) is 9.69 Å². The predicted molar refractivity (Wildman–Crippen MR) is 79.1 cm³/mol. The number of aromatic nitrogens is 2. The fourth-order valence-electron chi connectivity index (χ4n) is 2.93. The van der Waals surface area contributed by atoms with E-state index in [1.165, 1.54) is 17.0 Å². The van der Waals surface area contributed by atoms with Crippen molar-refractivity contribution < 1.29 is 18.0 Å². The zero-order valence-corrected chi connectivity index (χ0v) is 12.5. The summed E-state index contributed by atoms with van der Waals surface area (Å²) in [5.41, 5.74) is -0.529. The van der Waals surface area contributed by atoms with Crippen LogP contribution in [0.3, 0.4) is 0 Å². The van der Waals surface area contributed by atoms with Gasteiger partial charge in [0.25, 0.3) is 0 Å². The van der Waals surface area contributed by atoms with Gasteiger partial charge in [0.2, 0.25) is 11.9 Å². The lowest BCUT2D eigenvalue weighted by Crippen LogP contribution is -2.30. The number of hydrogen-bond donors (Lipinski definition) is 0. The zero-order valence-electron chi connectivity index (χ0n) is 12.5. The molecule has 0 radical (unpaired) electrons. The van der Waals surface area contributed by atoms with Gasteiger partial charge in [-0.2, -0.15) is 13.2 Å². The van der Waals surface area contributed by atoms with Crippen LogP contribution in [-0.2, 0) is 17.5 Å². The van der Waals surface area contributed by atoms with Gasteiger partial charge in [-0.25, -0.2) is 4.98 Å². The Morgan fingerprint density at radius 1 is 1.30 bits per heavy atom. The number of carbonyl (C=O) groups excluding carboxylic acids is 1. The third-order valence-corrected chi connectivity index (χ3v) is 4.08. The lowest BCUT2D eigenvalue weighted by Gasteiger charge is -2.20. The number of anilines is 1. The molecule has 0 fully saturated rings. The van der Waals surface area contributed by atoms with Gasteiger partial charge >= 0.3 is 6.18 Å². The highest BCUT2D eigenvalue weighted by Crippen LogP contribution is 2.36. The minimum Gasteiger partial charge on any atom is -0.315 e. The zero-order chi connectivity index (χ0) is 16.6. The fraction of sp³-hybridized carbons (Fsp3) is 0.375. The highest BCUT2D eigenvalue weighted by atomic mass is 19.4. The monoisotopic (exact) mass is 323 g/mol. The molecule has 0 aliphatic carbocycles. The van der Waals surface area contributed by atoms with Gasteiger partial charge in [0.1, 0.15) is 0 Å². The van der Waals surface area contributed by atoms with Crippen molar-refractivity contribution >= 4 is 11.9 Å². The number of hydrogen-bond acceptors (Lipinski definition) is 2. The smallest absolute Gasteiger partial charge is 0.315 e. The molecule has 7 heteroatoms. The number of rotatable bonds is 3. The van der Waals surface area contributed by atoms with E-state index in [9.17, 15) is 18.0 Å². The molecule has 3 rings (SSSR count). The number of imidazole rings is 1. The standard InChI is InChI=1S/C16H16F3N3O/c1-11(12-4-2-3-5-13(12)16(17,18)19)10-14(23)22-9-8-21-7-6-20-15(21)22/h2-7,11H,8-10H2,1H3. The molecule has 1 aliphatic heterocycles. The van der Waals surface area contributed by atoms with E-state index in [4.69, 9.17) is 0 Å². The first-order chi connectivity index (χ1) is 10.9. The molecule has 1 aromatic heterocycles. The number of halogens is 3. The maximum atomic E-state index is 13.1. The van der Waals surface area contributed by atoms with Crippen molar-refractivity contribution in [2.45, 2.75) is 32.0 Å². The molecule has 2 aromatic rings. The average Bonchev–Trinajstić information content (AvgIpc) is 3.08.